The first-order chi connectivity index (χ1) is 16.2. The number of carbonyl (C=O) groups is 2. The number of aryl methyl sites for hydroxylation is 1. The largest absolute Gasteiger partial charge is 0.464 e. The molecule has 0 aliphatic rings. The number of benzene rings is 2. The van der Waals surface area contributed by atoms with E-state index < -0.39 is 6.04 Å². The normalized spacial score (nSPS) is 11.7. The highest BCUT2D eigenvalue weighted by molar-refractivity contribution is 7.09. The van der Waals surface area contributed by atoms with Crippen LogP contribution in [0.1, 0.15) is 31.9 Å². The molecule has 0 radical (unpaired) electrons. The lowest BCUT2D eigenvalue weighted by molar-refractivity contribution is -0.470. The number of esters is 1. The smallest absolute Gasteiger partial charge is 0.375 e. The first-order valence-electron chi connectivity index (χ1n) is 11.2. The predicted molar refractivity (Wildman–Crippen MR) is 138 cm³/mol. The number of amides is 2. The topological polar surface area (TPSA) is 83.3 Å². The van der Waals surface area contributed by atoms with E-state index in [1.807, 2.05) is 69.3 Å². The number of methoxy groups -OCH3 is 1. The highest BCUT2D eigenvalue weighted by Crippen LogP contribution is 2.36. The van der Waals surface area contributed by atoms with Crippen LogP contribution in [0.25, 0.3) is 11.3 Å². The number of nitrogens with zero attached hydrogens (tertiary/aromatic N) is 2. The van der Waals surface area contributed by atoms with Crippen molar-refractivity contribution in [3.05, 3.63) is 59.7 Å². The van der Waals surface area contributed by atoms with Crippen molar-refractivity contribution in [1.29, 1.82) is 0 Å². The van der Waals surface area contributed by atoms with E-state index in [9.17, 15) is 9.59 Å². The molecule has 1 aromatic heterocycles. The summed E-state index contributed by atoms with van der Waals surface area (Å²) in [6, 6.07) is 14.3. The van der Waals surface area contributed by atoms with Gasteiger partial charge in [-0.3, -0.25) is 0 Å². The van der Waals surface area contributed by atoms with E-state index in [-0.39, 0.29) is 17.9 Å². The van der Waals surface area contributed by atoms with Gasteiger partial charge in [-0.1, -0.05) is 50.6 Å². The van der Waals surface area contributed by atoms with Gasteiger partial charge in [0.05, 0.1) is 18.4 Å². The molecule has 3 rings (SSSR count). The summed E-state index contributed by atoms with van der Waals surface area (Å²) in [4.78, 5) is 24.7. The second-order valence-corrected chi connectivity index (χ2v) is 9.12. The van der Waals surface area contributed by atoms with E-state index >= 15 is 0 Å². The Bertz CT molecular complexity index is 1170. The molecule has 2 aromatic carbocycles. The van der Waals surface area contributed by atoms with Crippen molar-refractivity contribution in [3.63, 3.8) is 0 Å². The van der Waals surface area contributed by atoms with Crippen LogP contribution in [0.2, 0.25) is 0 Å². The van der Waals surface area contributed by atoms with Gasteiger partial charge in [0.1, 0.15) is 6.72 Å². The molecule has 0 fully saturated rings. The highest BCUT2D eigenvalue weighted by atomic mass is 32.1. The third kappa shape index (κ3) is 5.69. The van der Waals surface area contributed by atoms with Crippen LogP contribution in [0.4, 0.5) is 21.2 Å². The van der Waals surface area contributed by atoms with E-state index in [0.717, 1.165) is 39.5 Å². The van der Waals surface area contributed by atoms with Crippen molar-refractivity contribution in [2.24, 2.45) is 5.92 Å². The van der Waals surface area contributed by atoms with Gasteiger partial charge in [0.2, 0.25) is 0 Å². The molecule has 0 unspecified atom stereocenters. The van der Waals surface area contributed by atoms with Crippen LogP contribution >= 0.6 is 11.5 Å². The van der Waals surface area contributed by atoms with Crippen molar-refractivity contribution < 1.29 is 18.9 Å². The highest BCUT2D eigenvalue weighted by Gasteiger charge is 2.37. The lowest BCUT2D eigenvalue weighted by Crippen LogP contribution is -2.36. The van der Waals surface area contributed by atoms with Crippen LogP contribution in [0.3, 0.4) is 0 Å². The molecule has 0 spiro atoms. The number of ether oxygens (including phenoxy) is 1. The summed E-state index contributed by atoms with van der Waals surface area (Å²) < 4.78 is 11.4. The summed E-state index contributed by atoms with van der Waals surface area (Å²) in [5.74, 6) is -0.294. The zero-order chi connectivity index (χ0) is 24.8. The van der Waals surface area contributed by atoms with E-state index in [1.54, 1.807) is 4.58 Å². The monoisotopic (exact) mass is 479 g/mol. The van der Waals surface area contributed by atoms with Crippen molar-refractivity contribution in [1.82, 2.24) is 4.37 Å². The molecular weight excluding hydrogens is 448 g/mol. The minimum atomic E-state index is -0.498. The minimum Gasteiger partial charge on any atom is -0.464 e. The van der Waals surface area contributed by atoms with E-state index in [1.165, 1.54) is 18.6 Å². The van der Waals surface area contributed by atoms with Gasteiger partial charge in [-0.25, -0.2) is 9.59 Å². The molecule has 2 amide bonds. The number of nitrogens with one attached hydrogen (secondary N) is 2. The van der Waals surface area contributed by atoms with E-state index in [0.29, 0.717) is 5.69 Å². The zero-order valence-electron chi connectivity index (χ0n) is 20.2. The Balaban J connectivity index is 1.77. The lowest BCUT2D eigenvalue weighted by Gasteiger charge is -2.15. The van der Waals surface area contributed by atoms with Gasteiger partial charge in [-0.05, 0) is 37.6 Å². The molecule has 1 heterocycles. The Morgan fingerprint density at radius 2 is 1.62 bits per heavy atom. The maximum absolute atomic E-state index is 12.3. The second-order valence-electron chi connectivity index (χ2n) is 8.37. The predicted octanol–water partition coefficient (Wildman–Crippen LogP) is 5.87. The minimum absolute atomic E-state index is 0.0246. The number of urea groups is 1. The Morgan fingerprint density at radius 1 is 1.06 bits per heavy atom. The third-order valence-corrected chi connectivity index (χ3v) is 6.45. The van der Waals surface area contributed by atoms with Gasteiger partial charge in [-0.2, -0.15) is 8.95 Å². The molecule has 8 heteroatoms. The average Bonchev–Trinajstić information content (AvgIpc) is 3.25. The molecule has 34 heavy (non-hydrogen) atoms. The molecule has 178 valence electrons. The molecule has 2 N–H and O–H groups in total. The van der Waals surface area contributed by atoms with Gasteiger partial charge in [0, 0.05) is 34.4 Å². The Morgan fingerprint density at radius 3 is 2.12 bits per heavy atom. The van der Waals surface area contributed by atoms with Gasteiger partial charge in [0.25, 0.3) is 11.0 Å². The molecule has 0 aliphatic heterocycles. The van der Waals surface area contributed by atoms with Crippen LogP contribution in [-0.4, -0.2) is 40.8 Å². The van der Waals surface area contributed by atoms with Gasteiger partial charge in [-0.15, -0.1) is 0 Å². The maximum Gasteiger partial charge on any atom is 0.375 e. The maximum atomic E-state index is 12.3. The number of hydrogen-bond donors (Lipinski definition) is 2. The summed E-state index contributed by atoms with van der Waals surface area (Å²) in [5, 5.41) is 6.51. The fourth-order valence-electron chi connectivity index (χ4n) is 3.72. The second kappa shape index (κ2) is 11.1. The Labute approximate surface area is 204 Å². The summed E-state index contributed by atoms with van der Waals surface area (Å²) in [7, 11) is 1.39. The van der Waals surface area contributed by atoms with Gasteiger partial charge in [0.15, 0.2) is 0 Å². The number of rotatable bonds is 8. The Hall–Kier alpha value is -3.52. The average molecular weight is 480 g/mol. The molecule has 0 aliphatic carbocycles. The molecule has 0 saturated carbocycles. The molecule has 0 bridgehead atoms. The van der Waals surface area contributed by atoms with E-state index in [2.05, 4.69) is 28.6 Å². The molecule has 0 saturated heterocycles. The number of anilines is 2. The summed E-state index contributed by atoms with van der Waals surface area (Å²) in [6.07, 6.45) is 0.734. The van der Waals surface area contributed by atoms with Crippen molar-refractivity contribution in [3.8, 4) is 11.3 Å². The SMILES string of the molecule is C=[N+](c1snc(-c2ccc(NC(=O)Nc3ccc(C)cc3)cc2)c1CC)[C@@H](C(=O)OC)C(C)C. The van der Waals surface area contributed by atoms with Crippen LogP contribution in [-0.2, 0) is 16.0 Å². The molecule has 7 nitrogen and oxygen atoms in total. The van der Waals surface area contributed by atoms with Crippen molar-refractivity contribution in [2.45, 2.75) is 40.2 Å². The summed E-state index contributed by atoms with van der Waals surface area (Å²) in [5.41, 5.74) is 5.33. The van der Waals surface area contributed by atoms with Gasteiger partial charge < -0.3 is 15.4 Å². The molecular formula is C26H31N4O3S+. The molecule has 3 aromatic rings. The van der Waals surface area contributed by atoms with E-state index in [4.69, 9.17) is 4.74 Å². The standard InChI is InChI=1S/C26H30N4O3S/c1-7-21-22(29-34-24(21)30(5)23(16(2)3)25(31)33-6)18-10-14-20(15-11-18)28-26(32)27-19-12-8-17(4)9-13-19/h8-16,23H,5,7H2,1-4,6H3,(H-,27,28,29,32)/p+1/t23-/m1/s1. The Kier molecular flexibility index (Phi) is 8.17. The molecule has 1 atom stereocenters. The third-order valence-electron chi connectivity index (χ3n) is 5.52. The number of carbonyl (C=O) groups excluding carboxylic acids is 2. The summed E-state index contributed by atoms with van der Waals surface area (Å²) >= 11 is 1.32. The van der Waals surface area contributed by atoms with Crippen LogP contribution in [0.15, 0.2) is 48.5 Å². The fraction of sp³-hybridized carbons (Fsp3) is 0.308. The quantitative estimate of drug-likeness (QED) is 0.241. The number of hydrogen-bond acceptors (Lipinski definition) is 5. The van der Waals surface area contributed by atoms with Gasteiger partial charge >= 0.3 is 12.0 Å². The number of aromatic nitrogens is 1. The first-order valence-corrected chi connectivity index (χ1v) is 11.9. The first kappa shape index (κ1) is 25.1. The van der Waals surface area contributed by atoms with Crippen LogP contribution in [0, 0.1) is 12.8 Å². The lowest BCUT2D eigenvalue weighted by atomic mass is 10.0. The fourth-order valence-corrected chi connectivity index (χ4v) is 4.68. The van der Waals surface area contributed by atoms with Crippen LogP contribution < -0.4 is 10.6 Å². The van der Waals surface area contributed by atoms with Crippen molar-refractivity contribution in [2.75, 3.05) is 17.7 Å². The van der Waals surface area contributed by atoms with Crippen LogP contribution in [0.5, 0.6) is 0 Å². The van der Waals surface area contributed by atoms with Crippen molar-refractivity contribution >= 4 is 46.6 Å². The zero-order valence-corrected chi connectivity index (χ0v) is 21.0. The summed E-state index contributed by atoms with van der Waals surface area (Å²) in [6.45, 7) is 12.1.